The van der Waals surface area contributed by atoms with Crippen molar-refractivity contribution in [3.63, 3.8) is 0 Å². The number of carbonyl (C=O) groups is 2. The van der Waals surface area contributed by atoms with E-state index in [9.17, 15) is 28.6 Å². The Hall–Kier alpha value is -3.92. The lowest BCUT2D eigenvalue weighted by Gasteiger charge is -2.49. The first kappa shape index (κ1) is 35.5. The van der Waals surface area contributed by atoms with Gasteiger partial charge in [0, 0.05) is 41.9 Å². The second kappa shape index (κ2) is 13.9. The van der Waals surface area contributed by atoms with Crippen LogP contribution >= 0.6 is 0 Å². The van der Waals surface area contributed by atoms with E-state index in [0.717, 1.165) is 41.8 Å². The zero-order valence-electron chi connectivity index (χ0n) is 29.6. The first-order valence-electron chi connectivity index (χ1n) is 18.4. The molecule has 0 unspecified atom stereocenters. The van der Waals surface area contributed by atoms with Crippen molar-refractivity contribution in [2.24, 2.45) is 5.41 Å². The standard InChI is InChI=1S/C42H49F2N3O4/c1-28-7-6-17-40(2)35(33-14-11-29(23-32(48)13-10-28)24-34(33)38(49)30-12-15-36(43)37(44)25-30)16-18-42(40,51)26-46-21-19-41(20-22-46)39(50)45-27-47(41)31-8-4-3-5-9-31/h3-5,7-9,11-12,14-15,24-25,32,35,48,51H,6,10,13,16-23,26-27H2,1-2H3,(H,45,50)/t32-,35-,40-,42+/m0/s1. The van der Waals surface area contributed by atoms with Crippen LogP contribution in [-0.4, -0.2) is 70.4 Å². The highest BCUT2D eigenvalue weighted by atomic mass is 19.2. The Morgan fingerprint density at radius 2 is 1.73 bits per heavy atom. The Morgan fingerprint density at radius 3 is 2.47 bits per heavy atom. The van der Waals surface area contributed by atoms with Crippen molar-refractivity contribution in [3.05, 3.63) is 112 Å². The zero-order chi connectivity index (χ0) is 36.0. The van der Waals surface area contributed by atoms with Gasteiger partial charge in [-0.3, -0.25) is 9.59 Å². The lowest BCUT2D eigenvalue weighted by atomic mass is 9.64. The first-order valence-corrected chi connectivity index (χ1v) is 18.4. The van der Waals surface area contributed by atoms with Crippen molar-refractivity contribution < 1.29 is 28.6 Å². The van der Waals surface area contributed by atoms with E-state index in [-0.39, 0.29) is 17.4 Å². The van der Waals surface area contributed by atoms with Crippen molar-refractivity contribution in [1.82, 2.24) is 10.2 Å². The van der Waals surface area contributed by atoms with E-state index in [1.807, 2.05) is 48.5 Å². The molecule has 4 atom stereocenters. The molecule has 1 saturated carbocycles. The molecule has 51 heavy (non-hydrogen) atoms. The molecule has 3 aliphatic carbocycles. The third-order valence-corrected chi connectivity index (χ3v) is 12.7. The topological polar surface area (TPSA) is 93.1 Å². The Morgan fingerprint density at radius 1 is 0.961 bits per heavy atom. The molecule has 2 heterocycles. The maximum absolute atomic E-state index is 14.4. The predicted molar refractivity (Wildman–Crippen MR) is 194 cm³/mol. The van der Waals surface area contributed by atoms with Gasteiger partial charge in [-0.15, -0.1) is 0 Å². The molecule has 1 spiro atoms. The molecule has 5 aliphatic rings. The molecular weight excluding hydrogens is 648 g/mol. The SMILES string of the molecule is CC1=CCC[C@@]2(C)[C@@H](CC[C@@]2(O)CN2CCC3(CC2)C(=O)NCN3c2ccccc2)c2ccc(cc2C(=O)c2ccc(F)c(F)c2)C[C@@H](O)CC1. The summed E-state index contributed by atoms with van der Waals surface area (Å²) in [6.07, 6.45) is 7.21. The normalized spacial score (nSPS) is 28.3. The van der Waals surface area contributed by atoms with Crippen molar-refractivity contribution in [2.75, 3.05) is 31.2 Å². The Kier molecular flexibility index (Phi) is 9.67. The van der Waals surface area contributed by atoms with Gasteiger partial charge >= 0.3 is 0 Å². The van der Waals surface area contributed by atoms with Crippen molar-refractivity contribution in [2.45, 2.75) is 94.8 Å². The summed E-state index contributed by atoms with van der Waals surface area (Å²) < 4.78 is 28.3. The molecule has 3 aromatic carbocycles. The van der Waals surface area contributed by atoms with Crippen molar-refractivity contribution in [1.29, 1.82) is 0 Å². The molecule has 9 heteroatoms. The largest absolute Gasteiger partial charge is 0.393 e. The summed E-state index contributed by atoms with van der Waals surface area (Å²) in [6.45, 7) is 6.49. The van der Waals surface area contributed by atoms with E-state index in [2.05, 4.69) is 35.0 Å². The van der Waals surface area contributed by atoms with Crippen LogP contribution in [0.3, 0.4) is 0 Å². The van der Waals surface area contributed by atoms with Gasteiger partial charge in [0.25, 0.3) is 0 Å². The van der Waals surface area contributed by atoms with Crippen LogP contribution in [0.5, 0.6) is 0 Å². The lowest BCUT2D eigenvalue weighted by molar-refractivity contribution is -0.126. The number of hydrogen-bond acceptors (Lipinski definition) is 6. The zero-order valence-corrected chi connectivity index (χ0v) is 29.6. The smallest absolute Gasteiger partial charge is 0.247 e. The third kappa shape index (κ3) is 6.53. The van der Waals surface area contributed by atoms with E-state index in [1.54, 1.807) is 0 Å². The molecule has 0 radical (unpaired) electrons. The summed E-state index contributed by atoms with van der Waals surface area (Å²) in [5.74, 6) is -2.63. The number of ketones is 1. The number of fused-ring (bicyclic) bond motifs is 8. The number of hydrogen-bond donors (Lipinski definition) is 3. The van der Waals surface area contributed by atoms with E-state index in [1.165, 1.54) is 11.6 Å². The summed E-state index contributed by atoms with van der Waals surface area (Å²) in [5.41, 5.74) is 1.93. The van der Waals surface area contributed by atoms with Crippen LogP contribution in [0.15, 0.2) is 78.4 Å². The summed E-state index contributed by atoms with van der Waals surface area (Å²) in [4.78, 5) is 32.0. The Bertz CT molecular complexity index is 1820. The molecule has 3 N–H and O–H groups in total. The number of benzene rings is 3. The molecule has 8 rings (SSSR count). The highest BCUT2D eigenvalue weighted by Gasteiger charge is 2.58. The predicted octanol–water partition coefficient (Wildman–Crippen LogP) is 6.66. The minimum atomic E-state index is -1.09. The molecule has 270 valence electrons. The van der Waals surface area contributed by atoms with Crippen LogP contribution < -0.4 is 10.2 Å². The number of aliphatic hydroxyl groups excluding tert-OH is 1. The molecule has 2 aliphatic heterocycles. The number of carbonyl (C=O) groups excluding carboxylic acids is 2. The van der Waals surface area contributed by atoms with Crippen LogP contribution in [0.2, 0.25) is 0 Å². The summed E-state index contributed by atoms with van der Waals surface area (Å²) in [5, 5.41) is 26.8. The molecule has 0 aromatic heterocycles. The highest BCUT2D eigenvalue weighted by molar-refractivity contribution is 6.10. The van der Waals surface area contributed by atoms with Gasteiger partial charge in [-0.05, 0) is 118 Å². The number of nitrogens with zero attached hydrogens (tertiary/aromatic N) is 2. The van der Waals surface area contributed by atoms with Gasteiger partial charge in [-0.1, -0.05) is 48.9 Å². The molecule has 1 amide bonds. The summed E-state index contributed by atoms with van der Waals surface area (Å²) in [7, 11) is 0. The van der Waals surface area contributed by atoms with Gasteiger partial charge in [0.05, 0.1) is 18.4 Å². The number of aliphatic hydroxyl groups is 2. The number of nitrogens with one attached hydrogen (secondary N) is 1. The minimum absolute atomic E-state index is 0.0556. The third-order valence-electron chi connectivity index (χ3n) is 12.7. The summed E-state index contributed by atoms with van der Waals surface area (Å²) in [6, 6.07) is 19.0. The number of allylic oxidation sites excluding steroid dienone is 2. The molecular formula is C42H49F2N3O4. The van der Waals surface area contributed by atoms with Crippen LogP contribution in [-0.2, 0) is 11.2 Å². The monoisotopic (exact) mass is 697 g/mol. The molecule has 7 nitrogen and oxygen atoms in total. The second-order valence-corrected chi connectivity index (χ2v) is 15.6. The number of rotatable bonds is 5. The maximum Gasteiger partial charge on any atom is 0.247 e. The fourth-order valence-corrected chi connectivity index (χ4v) is 9.47. The van der Waals surface area contributed by atoms with E-state index in [0.29, 0.717) is 76.8 Å². The molecule has 2 saturated heterocycles. The number of amides is 1. The van der Waals surface area contributed by atoms with Gasteiger partial charge in [0.2, 0.25) is 5.91 Å². The average molecular weight is 698 g/mol. The van der Waals surface area contributed by atoms with Gasteiger partial charge in [-0.2, -0.15) is 0 Å². The number of likely N-dealkylation sites (tertiary alicyclic amines) is 1. The number of piperidine rings is 1. The first-order chi connectivity index (χ1) is 24.4. The Balaban J connectivity index is 1.21. The van der Waals surface area contributed by atoms with E-state index in [4.69, 9.17) is 0 Å². The van der Waals surface area contributed by atoms with Crippen LogP contribution in [0.4, 0.5) is 14.5 Å². The molecule has 3 fully saturated rings. The minimum Gasteiger partial charge on any atom is -0.393 e. The van der Waals surface area contributed by atoms with E-state index < -0.39 is 40.1 Å². The fourth-order valence-electron chi connectivity index (χ4n) is 9.47. The number of anilines is 1. The van der Waals surface area contributed by atoms with Crippen molar-refractivity contribution >= 4 is 17.4 Å². The van der Waals surface area contributed by atoms with Gasteiger partial charge in [-0.25, -0.2) is 8.78 Å². The summed E-state index contributed by atoms with van der Waals surface area (Å²) >= 11 is 0. The number of β-amino-alcohol motifs (C(OH)–C–C–N with tert-alkyl or cyclic N) is 1. The van der Waals surface area contributed by atoms with Gasteiger partial charge in [0.15, 0.2) is 17.4 Å². The van der Waals surface area contributed by atoms with Crippen LogP contribution in [0, 0.1) is 17.0 Å². The molecule has 3 aromatic rings. The van der Waals surface area contributed by atoms with Crippen LogP contribution in [0.25, 0.3) is 0 Å². The highest BCUT2D eigenvalue weighted by Crippen LogP contribution is 2.59. The number of para-hydroxylation sites is 1. The second-order valence-electron chi connectivity index (χ2n) is 15.6. The Labute approximate surface area is 299 Å². The lowest BCUT2D eigenvalue weighted by Crippen LogP contribution is -2.59. The van der Waals surface area contributed by atoms with Crippen molar-refractivity contribution in [3.8, 4) is 0 Å². The number of halogens is 2. The van der Waals surface area contributed by atoms with Gasteiger partial charge < -0.3 is 25.3 Å². The average Bonchev–Trinajstić information content (AvgIpc) is 3.57. The quantitative estimate of drug-likeness (QED) is 0.204. The maximum atomic E-state index is 14.4. The fraction of sp³-hybridized carbons (Fsp3) is 0.476. The van der Waals surface area contributed by atoms with Gasteiger partial charge in [0.1, 0.15) is 5.54 Å². The molecule has 2 bridgehead atoms. The van der Waals surface area contributed by atoms with E-state index >= 15 is 0 Å². The van der Waals surface area contributed by atoms with Crippen LogP contribution in [0.1, 0.15) is 98.2 Å².